The van der Waals surface area contributed by atoms with Crippen molar-refractivity contribution in [3.05, 3.63) is 23.9 Å². The molecule has 7 heteroatoms. The number of nitrogens with one attached hydrogen (secondary N) is 2. The Morgan fingerprint density at radius 1 is 1.32 bits per heavy atom. The molecule has 1 aromatic rings. The molecule has 0 spiro atoms. The zero-order valence-electron chi connectivity index (χ0n) is 15.2. The van der Waals surface area contributed by atoms with Crippen molar-refractivity contribution in [2.75, 3.05) is 38.0 Å². The molecule has 0 aliphatic carbocycles. The van der Waals surface area contributed by atoms with Crippen LogP contribution in [0.15, 0.2) is 18.2 Å². The molecule has 136 valence electrons. The number of rotatable bonds is 6. The van der Waals surface area contributed by atoms with Gasteiger partial charge in [0.05, 0.1) is 0 Å². The van der Waals surface area contributed by atoms with Crippen LogP contribution in [0, 0.1) is 12.8 Å². The third-order valence-corrected chi connectivity index (χ3v) is 4.91. The number of hydrogen-bond donors (Lipinski definition) is 2. The van der Waals surface area contributed by atoms with Crippen molar-refractivity contribution in [2.45, 2.75) is 32.7 Å². The van der Waals surface area contributed by atoms with E-state index in [0.29, 0.717) is 12.5 Å². The van der Waals surface area contributed by atoms with Crippen molar-refractivity contribution < 1.29 is 9.59 Å². The van der Waals surface area contributed by atoms with Crippen molar-refractivity contribution in [2.24, 2.45) is 5.92 Å². The van der Waals surface area contributed by atoms with Crippen molar-refractivity contribution in [1.29, 1.82) is 0 Å². The first-order valence-corrected chi connectivity index (χ1v) is 8.89. The van der Waals surface area contributed by atoms with Crippen LogP contribution in [-0.2, 0) is 4.79 Å². The van der Waals surface area contributed by atoms with E-state index in [2.05, 4.69) is 20.5 Å². The summed E-state index contributed by atoms with van der Waals surface area (Å²) in [7, 11) is 0. The van der Waals surface area contributed by atoms with Gasteiger partial charge in [-0.1, -0.05) is 6.07 Å². The van der Waals surface area contributed by atoms with Gasteiger partial charge in [-0.3, -0.25) is 9.69 Å². The second-order valence-electron chi connectivity index (χ2n) is 7.51. The molecule has 2 aliphatic heterocycles. The van der Waals surface area contributed by atoms with Crippen LogP contribution < -0.4 is 10.6 Å². The molecule has 0 bridgehead atoms. The minimum absolute atomic E-state index is 0.138. The van der Waals surface area contributed by atoms with Crippen LogP contribution in [0.25, 0.3) is 0 Å². The van der Waals surface area contributed by atoms with Gasteiger partial charge in [0, 0.05) is 31.9 Å². The third-order valence-electron chi connectivity index (χ3n) is 4.91. The summed E-state index contributed by atoms with van der Waals surface area (Å²) in [5, 5.41) is 6.13. The SMILES string of the molecule is Cc1cccc(NC[C@H]2CCN(CCN3C(=O)NC(C)(C)C3=O)C2)n1. The largest absolute Gasteiger partial charge is 0.370 e. The lowest BCUT2D eigenvalue weighted by atomic mass is 10.1. The number of nitrogens with zero attached hydrogens (tertiary/aromatic N) is 3. The Morgan fingerprint density at radius 3 is 2.80 bits per heavy atom. The topological polar surface area (TPSA) is 77.6 Å². The molecule has 3 rings (SSSR count). The Morgan fingerprint density at radius 2 is 2.12 bits per heavy atom. The molecule has 2 N–H and O–H groups in total. The van der Waals surface area contributed by atoms with Gasteiger partial charge in [-0.2, -0.15) is 0 Å². The molecule has 2 fully saturated rings. The maximum absolute atomic E-state index is 12.2. The highest BCUT2D eigenvalue weighted by Crippen LogP contribution is 2.19. The molecule has 3 heterocycles. The number of aryl methyl sites for hydroxylation is 1. The lowest BCUT2D eigenvalue weighted by Gasteiger charge is -2.20. The summed E-state index contributed by atoms with van der Waals surface area (Å²) in [5.41, 5.74) is 0.226. The minimum atomic E-state index is -0.782. The van der Waals surface area contributed by atoms with E-state index in [-0.39, 0.29) is 11.9 Å². The number of anilines is 1. The molecule has 7 nitrogen and oxygen atoms in total. The summed E-state index contributed by atoms with van der Waals surface area (Å²) in [6.45, 7) is 9.52. The summed E-state index contributed by atoms with van der Waals surface area (Å²) < 4.78 is 0. The number of carbonyl (C=O) groups excluding carboxylic acids is 2. The van der Waals surface area contributed by atoms with Crippen LogP contribution in [0.4, 0.5) is 10.6 Å². The highest BCUT2D eigenvalue weighted by Gasteiger charge is 2.44. The lowest BCUT2D eigenvalue weighted by molar-refractivity contribution is -0.130. The van der Waals surface area contributed by atoms with Crippen LogP contribution >= 0.6 is 0 Å². The molecule has 25 heavy (non-hydrogen) atoms. The first kappa shape index (κ1) is 17.7. The Labute approximate surface area is 148 Å². The second kappa shape index (κ2) is 7.00. The van der Waals surface area contributed by atoms with Crippen molar-refractivity contribution >= 4 is 17.8 Å². The first-order chi connectivity index (χ1) is 11.8. The lowest BCUT2D eigenvalue weighted by Crippen LogP contribution is -2.41. The highest BCUT2D eigenvalue weighted by molar-refractivity contribution is 6.06. The van der Waals surface area contributed by atoms with Gasteiger partial charge >= 0.3 is 6.03 Å². The van der Waals surface area contributed by atoms with Gasteiger partial charge in [0.1, 0.15) is 11.4 Å². The summed E-state index contributed by atoms with van der Waals surface area (Å²) >= 11 is 0. The quantitative estimate of drug-likeness (QED) is 0.763. The maximum atomic E-state index is 12.2. The van der Waals surface area contributed by atoms with E-state index in [9.17, 15) is 9.59 Å². The number of carbonyl (C=O) groups is 2. The fraction of sp³-hybridized carbons (Fsp3) is 0.611. The minimum Gasteiger partial charge on any atom is -0.370 e. The van der Waals surface area contributed by atoms with Crippen LogP contribution in [0.5, 0.6) is 0 Å². The Bertz CT molecular complexity index is 661. The van der Waals surface area contributed by atoms with E-state index in [0.717, 1.165) is 44.1 Å². The number of imide groups is 1. The fourth-order valence-corrected chi connectivity index (χ4v) is 3.44. The van der Waals surface area contributed by atoms with Crippen molar-refractivity contribution in [3.8, 4) is 0 Å². The Hall–Kier alpha value is -2.15. The monoisotopic (exact) mass is 345 g/mol. The predicted octanol–water partition coefficient (Wildman–Crippen LogP) is 1.45. The molecule has 0 unspecified atom stereocenters. The summed E-state index contributed by atoms with van der Waals surface area (Å²) in [6.07, 6.45) is 1.12. The summed E-state index contributed by atoms with van der Waals surface area (Å²) in [6, 6.07) is 5.70. The van der Waals surface area contributed by atoms with E-state index in [4.69, 9.17) is 0 Å². The van der Waals surface area contributed by atoms with Crippen molar-refractivity contribution in [3.63, 3.8) is 0 Å². The Kier molecular flexibility index (Phi) is 4.94. The van der Waals surface area contributed by atoms with Crippen LogP contribution in [0.2, 0.25) is 0 Å². The molecule has 2 saturated heterocycles. The zero-order valence-corrected chi connectivity index (χ0v) is 15.2. The number of aromatic nitrogens is 1. The van der Waals surface area contributed by atoms with Crippen LogP contribution in [0.3, 0.4) is 0 Å². The number of pyridine rings is 1. The molecular weight excluding hydrogens is 318 g/mol. The number of hydrogen-bond acceptors (Lipinski definition) is 5. The molecule has 3 amide bonds. The number of likely N-dealkylation sites (tertiary alicyclic amines) is 1. The molecule has 0 aromatic carbocycles. The van der Waals surface area contributed by atoms with Gasteiger partial charge in [-0.05, 0) is 51.8 Å². The standard InChI is InChI=1S/C18H27N5O2/c1-13-5-4-6-15(20-13)19-11-14-7-8-22(12-14)9-10-23-16(24)18(2,3)21-17(23)25/h4-6,14H,7-12H2,1-3H3,(H,19,20)(H,21,25)/t14-/m1/s1. The average molecular weight is 345 g/mol. The average Bonchev–Trinajstić information content (AvgIpc) is 3.07. The zero-order chi connectivity index (χ0) is 18.0. The predicted molar refractivity (Wildman–Crippen MR) is 96.3 cm³/mol. The van der Waals surface area contributed by atoms with E-state index in [1.807, 2.05) is 25.1 Å². The summed E-state index contributed by atoms with van der Waals surface area (Å²) in [4.78, 5) is 32.2. The molecule has 0 radical (unpaired) electrons. The van der Waals surface area contributed by atoms with Crippen LogP contribution in [0.1, 0.15) is 26.0 Å². The van der Waals surface area contributed by atoms with Gasteiger partial charge < -0.3 is 15.5 Å². The van der Waals surface area contributed by atoms with E-state index in [1.165, 1.54) is 4.90 Å². The van der Waals surface area contributed by atoms with E-state index >= 15 is 0 Å². The number of amides is 3. The Balaban J connectivity index is 1.43. The van der Waals surface area contributed by atoms with E-state index in [1.54, 1.807) is 13.8 Å². The highest BCUT2D eigenvalue weighted by atomic mass is 16.2. The van der Waals surface area contributed by atoms with E-state index < -0.39 is 5.54 Å². The molecule has 1 atom stereocenters. The van der Waals surface area contributed by atoms with Gasteiger partial charge in [0.2, 0.25) is 0 Å². The molecular formula is C18H27N5O2. The summed E-state index contributed by atoms with van der Waals surface area (Å²) in [5.74, 6) is 1.34. The normalized spacial score (nSPS) is 23.2. The third kappa shape index (κ3) is 4.10. The maximum Gasteiger partial charge on any atom is 0.325 e. The molecule has 0 saturated carbocycles. The fourth-order valence-electron chi connectivity index (χ4n) is 3.44. The van der Waals surface area contributed by atoms with Gasteiger partial charge in [0.25, 0.3) is 5.91 Å². The smallest absolute Gasteiger partial charge is 0.325 e. The van der Waals surface area contributed by atoms with Crippen LogP contribution in [-0.4, -0.2) is 65.0 Å². The first-order valence-electron chi connectivity index (χ1n) is 8.89. The van der Waals surface area contributed by atoms with Gasteiger partial charge in [0.15, 0.2) is 0 Å². The molecule has 1 aromatic heterocycles. The van der Waals surface area contributed by atoms with Gasteiger partial charge in [-0.15, -0.1) is 0 Å². The molecule has 2 aliphatic rings. The second-order valence-corrected chi connectivity index (χ2v) is 7.51. The van der Waals surface area contributed by atoms with Crippen molar-refractivity contribution in [1.82, 2.24) is 20.1 Å². The van der Waals surface area contributed by atoms with Gasteiger partial charge in [-0.25, -0.2) is 9.78 Å². The number of urea groups is 1.